The number of thioether (sulfide) groups is 1. The van der Waals surface area contributed by atoms with Crippen LogP contribution in [0.4, 0.5) is 8.78 Å². The molecule has 7 heteroatoms. The van der Waals surface area contributed by atoms with Gasteiger partial charge in [-0.1, -0.05) is 11.8 Å². The van der Waals surface area contributed by atoms with Gasteiger partial charge in [-0.15, -0.1) is 0 Å². The van der Waals surface area contributed by atoms with Crippen molar-refractivity contribution in [3.05, 3.63) is 60.6 Å². The maximum atomic E-state index is 12.5. The molecular formula is C20H19BrF2N2OS. The van der Waals surface area contributed by atoms with E-state index < -0.39 is 5.76 Å². The van der Waals surface area contributed by atoms with Gasteiger partial charge in [-0.3, -0.25) is 0 Å². The van der Waals surface area contributed by atoms with Crippen LogP contribution < -0.4 is 26.3 Å². The molecule has 1 aromatic heterocycles. The predicted molar refractivity (Wildman–Crippen MR) is 98.1 cm³/mol. The number of hydrogen-bond donors (Lipinski definition) is 0. The molecule has 3 nitrogen and oxygen atoms in total. The number of imidazole rings is 1. The van der Waals surface area contributed by atoms with E-state index in [2.05, 4.69) is 15.3 Å². The Balaban J connectivity index is 0.00000210. The van der Waals surface area contributed by atoms with Crippen LogP contribution in [0.5, 0.6) is 5.75 Å². The molecule has 0 unspecified atom stereocenters. The molecule has 3 aromatic rings. The van der Waals surface area contributed by atoms with Crippen molar-refractivity contribution < 1.29 is 35.1 Å². The third kappa shape index (κ3) is 4.04. The van der Waals surface area contributed by atoms with Gasteiger partial charge in [0.05, 0.1) is 20.1 Å². The van der Waals surface area contributed by atoms with Gasteiger partial charge in [0.1, 0.15) is 17.6 Å². The highest BCUT2D eigenvalue weighted by Gasteiger charge is 2.29. The van der Waals surface area contributed by atoms with Crippen LogP contribution >= 0.6 is 11.8 Å². The van der Waals surface area contributed by atoms with Crippen LogP contribution in [-0.2, 0) is 13.0 Å². The number of halogens is 3. The maximum Gasteiger partial charge on any atom is 0.288 e. The van der Waals surface area contributed by atoms with Crippen LogP contribution in [0.3, 0.4) is 0 Å². The molecule has 0 fully saturated rings. The molecule has 4 rings (SSSR count). The summed E-state index contributed by atoms with van der Waals surface area (Å²) in [5, 5.41) is 0. The highest BCUT2D eigenvalue weighted by atomic mass is 79.9. The normalized spacial score (nSPS) is 12.7. The topological polar surface area (TPSA) is 18.0 Å². The number of benzene rings is 2. The van der Waals surface area contributed by atoms with Gasteiger partial charge in [-0.05, 0) is 55.0 Å². The van der Waals surface area contributed by atoms with Crippen molar-refractivity contribution in [1.29, 1.82) is 0 Å². The lowest BCUT2D eigenvalue weighted by molar-refractivity contribution is -0.689. The van der Waals surface area contributed by atoms with E-state index in [0.717, 1.165) is 42.1 Å². The Morgan fingerprint density at radius 1 is 1.07 bits per heavy atom. The second kappa shape index (κ2) is 8.44. The van der Waals surface area contributed by atoms with Gasteiger partial charge >= 0.3 is 0 Å². The quantitative estimate of drug-likeness (QED) is 0.433. The fourth-order valence-corrected chi connectivity index (χ4v) is 3.93. The van der Waals surface area contributed by atoms with Crippen LogP contribution in [0.2, 0.25) is 0 Å². The SMILES string of the molecule is COc1ccc(-n2c(-c3ccc(SC(F)F)cc3)c[n+]3c2CCC3)cc1.[Br-]. The number of ether oxygens (including phenoxy) is 1. The molecule has 1 aliphatic rings. The lowest BCUT2D eigenvalue weighted by Gasteiger charge is -2.06. The number of fused-ring (bicyclic) bond motifs is 1. The standard InChI is InChI=1S/C20H19F2N2OS.BrH/c1-25-16-8-6-15(7-9-16)24-18(13-23-12-2-3-19(23)24)14-4-10-17(11-5-14)26-20(21)22;/h4-11,13,20H,2-3,12H2,1H3;1H/q+1;/p-1. The lowest BCUT2D eigenvalue weighted by atomic mass is 10.1. The zero-order valence-electron chi connectivity index (χ0n) is 14.7. The molecule has 0 N–H and O–H groups in total. The molecule has 2 heterocycles. The summed E-state index contributed by atoms with van der Waals surface area (Å²) >= 11 is 0.572. The van der Waals surface area contributed by atoms with E-state index in [9.17, 15) is 8.78 Å². The Hall–Kier alpha value is -1.86. The molecule has 0 atom stereocenters. The fourth-order valence-electron chi connectivity index (χ4n) is 3.43. The maximum absolute atomic E-state index is 12.5. The minimum Gasteiger partial charge on any atom is -1.00 e. The largest absolute Gasteiger partial charge is 1.00 e. The molecule has 1 aliphatic heterocycles. The van der Waals surface area contributed by atoms with Gasteiger partial charge in [0.15, 0.2) is 5.69 Å². The molecule has 0 amide bonds. The fraction of sp³-hybridized carbons (Fsp3) is 0.250. The Morgan fingerprint density at radius 3 is 2.41 bits per heavy atom. The van der Waals surface area contributed by atoms with Crippen LogP contribution in [0.25, 0.3) is 16.9 Å². The van der Waals surface area contributed by atoms with Crippen LogP contribution in [0.15, 0.2) is 59.6 Å². The molecule has 142 valence electrons. The van der Waals surface area contributed by atoms with E-state index in [1.807, 2.05) is 36.4 Å². The molecule has 0 saturated heterocycles. The summed E-state index contributed by atoms with van der Waals surface area (Å²) in [5.74, 6) is -0.320. The van der Waals surface area contributed by atoms with Gasteiger partial charge in [0, 0.05) is 10.5 Å². The monoisotopic (exact) mass is 452 g/mol. The molecule has 0 bridgehead atoms. The smallest absolute Gasteiger partial charge is 0.288 e. The Labute approximate surface area is 171 Å². The summed E-state index contributed by atoms with van der Waals surface area (Å²) < 4.78 is 34.9. The summed E-state index contributed by atoms with van der Waals surface area (Å²) in [7, 11) is 1.66. The van der Waals surface area contributed by atoms with E-state index >= 15 is 0 Å². The van der Waals surface area contributed by atoms with Crippen molar-refractivity contribution in [2.45, 2.75) is 30.0 Å². The first-order valence-corrected chi connectivity index (χ1v) is 9.37. The van der Waals surface area contributed by atoms with Crippen molar-refractivity contribution in [3.8, 4) is 22.7 Å². The first-order chi connectivity index (χ1) is 12.7. The molecule has 0 radical (unpaired) electrons. The van der Waals surface area contributed by atoms with E-state index in [1.54, 1.807) is 19.2 Å². The summed E-state index contributed by atoms with van der Waals surface area (Å²) in [4.78, 5) is 0.575. The van der Waals surface area contributed by atoms with Crippen LogP contribution in [0, 0.1) is 0 Å². The minimum absolute atomic E-state index is 0. The third-order valence-corrected chi connectivity index (χ3v) is 5.34. The van der Waals surface area contributed by atoms with Crippen molar-refractivity contribution in [3.63, 3.8) is 0 Å². The van der Waals surface area contributed by atoms with Gasteiger partial charge in [-0.25, -0.2) is 4.57 Å². The Morgan fingerprint density at radius 2 is 1.78 bits per heavy atom. The third-order valence-electron chi connectivity index (χ3n) is 4.61. The number of hydrogen-bond acceptors (Lipinski definition) is 2. The van der Waals surface area contributed by atoms with E-state index in [4.69, 9.17) is 4.74 Å². The van der Waals surface area contributed by atoms with E-state index in [0.29, 0.717) is 16.7 Å². The van der Waals surface area contributed by atoms with Crippen molar-refractivity contribution in [1.82, 2.24) is 4.57 Å². The van der Waals surface area contributed by atoms with Crippen molar-refractivity contribution in [2.75, 3.05) is 7.11 Å². The van der Waals surface area contributed by atoms with Gasteiger partial charge < -0.3 is 21.7 Å². The summed E-state index contributed by atoms with van der Waals surface area (Å²) in [5.41, 5.74) is 3.15. The lowest BCUT2D eigenvalue weighted by Crippen LogP contribution is -3.00. The van der Waals surface area contributed by atoms with E-state index in [-0.39, 0.29) is 17.0 Å². The van der Waals surface area contributed by atoms with Gasteiger partial charge in [0.25, 0.3) is 11.6 Å². The van der Waals surface area contributed by atoms with Crippen LogP contribution in [-0.4, -0.2) is 17.4 Å². The average molecular weight is 453 g/mol. The van der Waals surface area contributed by atoms with Crippen molar-refractivity contribution in [2.24, 2.45) is 0 Å². The summed E-state index contributed by atoms with van der Waals surface area (Å²) in [6.07, 6.45) is 4.31. The second-order valence-electron chi connectivity index (χ2n) is 6.16. The Kier molecular flexibility index (Phi) is 6.22. The predicted octanol–water partition coefficient (Wildman–Crippen LogP) is 1.71. The summed E-state index contributed by atoms with van der Waals surface area (Å²) in [6, 6.07) is 15.3. The number of nitrogens with zero attached hydrogens (tertiary/aromatic N) is 2. The first kappa shape index (κ1) is 19.9. The number of alkyl halides is 2. The molecule has 27 heavy (non-hydrogen) atoms. The van der Waals surface area contributed by atoms with Gasteiger partial charge in [0.2, 0.25) is 0 Å². The second-order valence-corrected chi connectivity index (χ2v) is 7.23. The van der Waals surface area contributed by atoms with Crippen molar-refractivity contribution >= 4 is 11.8 Å². The highest BCUT2D eigenvalue weighted by Crippen LogP contribution is 2.31. The summed E-state index contributed by atoms with van der Waals surface area (Å²) in [6.45, 7) is 1.00. The molecule has 0 saturated carbocycles. The molecule has 2 aromatic carbocycles. The van der Waals surface area contributed by atoms with Gasteiger partial charge in [-0.2, -0.15) is 13.3 Å². The number of methoxy groups -OCH3 is 1. The molecular weight excluding hydrogens is 434 g/mol. The number of rotatable bonds is 5. The van der Waals surface area contributed by atoms with Crippen LogP contribution in [0.1, 0.15) is 12.2 Å². The number of aryl methyl sites for hydroxylation is 1. The first-order valence-electron chi connectivity index (χ1n) is 8.49. The molecule has 0 spiro atoms. The zero-order chi connectivity index (χ0) is 18.1. The number of aromatic nitrogens is 2. The Bertz CT molecular complexity index is 911. The molecule has 0 aliphatic carbocycles. The minimum atomic E-state index is -2.40. The highest BCUT2D eigenvalue weighted by molar-refractivity contribution is 7.99. The zero-order valence-corrected chi connectivity index (χ0v) is 17.1. The average Bonchev–Trinajstić information content (AvgIpc) is 3.23. The van der Waals surface area contributed by atoms with E-state index in [1.165, 1.54) is 5.82 Å².